The van der Waals surface area contributed by atoms with Crippen LogP contribution in [0.25, 0.3) is 0 Å². The van der Waals surface area contributed by atoms with Crippen molar-refractivity contribution in [1.82, 2.24) is 9.97 Å². The van der Waals surface area contributed by atoms with Crippen LogP contribution in [0.2, 0.25) is 0 Å². The van der Waals surface area contributed by atoms with Gasteiger partial charge >= 0.3 is 0 Å². The molecule has 0 aliphatic heterocycles. The summed E-state index contributed by atoms with van der Waals surface area (Å²) in [6, 6.07) is 1.88. The third-order valence-corrected chi connectivity index (χ3v) is 4.24. The van der Waals surface area contributed by atoms with Gasteiger partial charge in [0.2, 0.25) is 0 Å². The Morgan fingerprint density at radius 2 is 1.85 bits per heavy atom. The minimum Gasteiger partial charge on any atom is -0.388 e. The highest BCUT2D eigenvalue weighted by molar-refractivity contribution is 5.46. The van der Waals surface area contributed by atoms with E-state index < -0.39 is 5.60 Å². The van der Waals surface area contributed by atoms with Crippen molar-refractivity contribution in [3.05, 3.63) is 12.4 Å². The number of rotatable bonds is 6. The first-order valence-corrected chi connectivity index (χ1v) is 7.67. The van der Waals surface area contributed by atoms with Gasteiger partial charge in [0.25, 0.3) is 0 Å². The number of hydrogen-bond acceptors (Lipinski definition) is 5. The first-order valence-electron chi connectivity index (χ1n) is 7.67. The normalized spacial score (nSPS) is 26.2. The Hall–Kier alpha value is -1.36. The predicted molar refractivity (Wildman–Crippen MR) is 81.9 cm³/mol. The van der Waals surface area contributed by atoms with Gasteiger partial charge in [-0.05, 0) is 38.5 Å². The lowest BCUT2D eigenvalue weighted by Crippen LogP contribution is -2.40. The monoisotopic (exact) mass is 278 g/mol. The molecule has 2 rings (SSSR count). The van der Waals surface area contributed by atoms with Crippen molar-refractivity contribution in [2.75, 3.05) is 23.7 Å². The number of hydrogen-bond donors (Lipinski definition) is 3. The topological polar surface area (TPSA) is 70.1 Å². The standard InChI is InChI=1S/C15H26N4O/c1-3-12-5-7-15(20,8-6-12)10-17-14-9-13(16-4-2)18-11-19-14/h9,11-12,20H,3-8,10H2,1-2H3,(H2,16,17,18,19). The fourth-order valence-electron chi connectivity index (χ4n) is 2.79. The molecule has 5 heteroatoms. The van der Waals surface area contributed by atoms with Gasteiger partial charge in [-0.3, -0.25) is 0 Å². The molecule has 0 amide bonds. The molecular formula is C15H26N4O. The third-order valence-electron chi connectivity index (χ3n) is 4.24. The lowest BCUT2D eigenvalue weighted by atomic mass is 9.78. The zero-order chi connectivity index (χ0) is 14.4. The van der Waals surface area contributed by atoms with Gasteiger partial charge in [0.1, 0.15) is 18.0 Å². The molecule has 5 nitrogen and oxygen atoms in total. The molecule has 1 aliphatic carbocycles. The van der Waals surface area contributed by atoms with Crippen LogP contribution in [0.3, 0.4) is 0 Å². The van der Waals surface area contributed by atoms with E-state index in [0.717, 1.165) is 49.8 Å². The number of nitrogens with zero attached hydrogens (tertiary/aromatic N) is 2. The summed E-state index contributed by atoms with van der Waals surface area (Å²) < 4.78 is 0. The Kier molecular flexibility index (Phi) is 5.17. The molecule has 112 valence electrons. The van der Waals surface area contributed by atoms with E-state index in [9.17, 15) is 5.11 Å². The zero-order valence-corrected chi connectivity index (χ0v) is 12.5. The van der Waals surface area contributed by atoms with Crippen LogP contribution >= 0.6 is 0 Å². The number of aliphatic hydroxyl groups is 1. The molecule has 0 atom stereocenters. The fourth-order valence-corrected chi connectivity index (χ4v) is 2.79. The van der Waals surface area contributed by atoms with E-state index in [2.05, 4.69) is 27.5 Å². The van der Waals surface area contributed by atoms with E-state index in [1.54, 1.807) is 6.33 Å². The van der Waals surface area contributed by atoms with Gasteiger partial charge in [-0.25, -0.2) is 9.97 Å². The SMILES string of the molecule is CCNc1cc(NCC2(O)CCC(CC)CC2)ncn1. The minimum atomic E-state index is -0.588. The third kappa shape index (κ3) is 4.07. The van der Waals surface area contributed by atoms with Crippen LogP contribution in [0, 0.1) is 5.92 Å². The molecule has 1 aliphatic rings. The van der Waals surface area contributed by atoms with E-state index in [0.29, 0.717) is 6.54 Å². The molecular weight excluding hydrogens is 252 g/mol. The Morgan fingerprint density at radius 1 is 1.20 bits per heavy atom. The highest BCUT2D eigenvalue weighted by Gasteiger charge is 2.32. The van der Waals surface area contributed by atoms with E-state index in [1.807, 2.05) is 13.0 Å². The molecule has 1 aromatic heterocycles. The smallest absolute Gasteiger partial charge is 0.131 e. The first-order chi connectivity index (χ1) is 9.65. The largest absolute Gasteiger partial charge is 0.388 e. The molecule has 1 saturated carbocycles. The Morgan fingerprint density at radius 3 is 2.45 bits per heavy atom. The molecule has 0 unspecified atom stereocenters. The van der Waals surface area contributed by atoms with Crippen LogP contribution in [-0.4, -0.2) is 33.8 Å². The van der Waals surface area contributed by atoms with Gasteiger partial charge in [-0.1, -0.05) is 13.3 Å². The maximum Gasteiger partial charge on any atom is 0.131 e. The average molecular weight is 278 g/mol. The van der Waals surface area contributed by atoms with Crippen molar-refractivity contribution in [2.45, 2.75) is 51.6 Å². The molecule has 0 aromatic carbocycles. The predicted octanol–water partition coefficient (Wildman–Crippen LogP) is 2.65. The summed E-state index contributed by atoms with van der Waals surface area (Å²) in [7, 11) is 0. The first kappa shape index (κ1) is 15.0. The van der Waals surface area contributed by atoms with Crippen molar-refractivity contribution in [3.63, 3.8) is 0 Å². The molecule has 0 spiro atoms. The number of aromatic nitrogens is 2. The molecule has 0 bridgehead atoms. The van der Waals surface area contributed by atoms with Gasteiger partial charge in [0, 0.05) is 19.2 Å². The lowest BCUT2D eigenvalue weighted by molar-refractivity contribution is 0.00223. The molecule has 3 N–H and O–H groups in total. The Balaban J connectivity index is 1.87. The van der Waals surface area contributed by atoms with Crippen molar-refractivity contribution in [3.8, 4) is 0 Å². The number of nitrogens with one attached hydrogen (secondary N) is 2. The molecule has 1 heterocycles. The maximum absolute atomic E-state index is 10.6. The summed E-state index contributed by atoms with van der Waals surface area (Å²) in [5, 5.41) is 17.0. The Bertz CT molecular complexity index is 416. The second kappa shape index (κ2) is 6.88. The van der Waals surface area contributed by atoms with Crippen molar-refractivity contribution < 1.29 is 5.11 Å². The molecule has 0 saturated heterocycles. The maximum atomic E-state index is 10.6. The second-order valence-corrected chi connectivity index (χ2v) is 5.75. The minimum absolute atomic E-state index is 0.562. The molecule has 20 heavy (non-hydrogen) atoms. The highest BCUT2D eigenvalue weighted by atomic mass is 16.3. The van der Waals surface area contributed by atoms with Crippen molar-refractivity contribution >= 4 is 11.6 Å². The molecule has 0 radical (unpaired) electrons. The van der Waals surface area contributed by atoms with Crippen molar-refractivity contribution in [2.24, 2.45) is 5.92 Å². The van der Waals surface area contributed by atoms with Crippen LogP contribution in [-0.2, 0) is 0 Å². The van der Waals surface area contributed by atoms with E-state index in [-0.39, 0.29) is 0 Å². The lowest BCUT2D eigenvalue weighted by Gasteiger charge is -2.36. The Labute approximate surface area is 121 Å². The van der Waals surface area contributed by atoms with Gasteiger partial charge in [0.15, 0.2) is 0 Å². The van der Waals surface area contributed by atoms with Gasteiger partial charge in [0.05, 0.1) is 5.60 Å². The van der Waals surface area contributed by atoms with Crippen molar-refractivity contribution in [1.29, 1.82) is 0 Å². The van der Waals surface area contributed by atoms with Crippen LogP contribution in [0.1, 0.15) is 46.0 Å². The number of anilines is 2. The van der Waals surface area contributed by atoms with Gasteiger partial charge in [-0.2, -0.15) is 0 Å². The fraction of sp³-hybridized carbons (Fsp3) is 0.733. The van der Waals surface area contributed by atoms with Crippen LogP contribution in [0.5, 0.6) is 0 Å². The van der Waals surface area contributed by atoms with E-state index >= 15 is 0 Å². The van der Waals surface area contributed by atoms with E-state index in [4.69, 9.17) is 0 Å². The van der Waals surface area contributed by atoms with Crippen LogP contribution in [0.4, 0.5) is 11.6 Å². The van der Waals surface area contributed by atoms with Crippen LogP contribution < -0.4 is 10.6 Å². The molecule has 1 aromatic rings. The average Bonchev–Trinajstić information content (AvgIpc) is 2.47. The molecule has 1 fully saturated rings. The zero-order valence-electron chi connectivity index (χ0n) is 12.5. The summed E-state index contributed by atoms with van der Waals surface area (Å²) in [4.78, 5) is 8.33. The highest BCUT2D eigenvalue weighted by Crippen LogP contribution is 2.33. The van der Waals surface area contributed by atoms with E-state index in [1.165, 1.54) is 6.42 Å². The summed E-state index contributed by atoms with van der Waals surface area (Å²) in [5.41, 5.74) is -0.588. The quantitative estimate of drug-likeness (QED) is 0.746. The van der Waals surface area contributed by atoms with Gasteiger partial charge in [-0.15, -0.1) is 0 Å². The summed E-state index contributed by atoms with van der Waals surface area (Å²) in [6.07, 6.45) is 6.77. The van der Waals surface area contributed by atoms with Gasteiger partial charge < -0.3 is 15.7 Å². The van der Waals surface area contributed by atoms with Crippen LogP contribution in [0.15, 0.2) is 12.4 Å². The second-order valence-electron chi connectivity index (χ2n) is 5.75. The summed E-state index contributed by atoms with van der Waals surface area (Å²) >= 11 is 0. The summed E-state index contributed by atoms with van der Waals surface area (Å²) in [6.45, 7) is 5.66. The summed E-state index contributed by atoms with van der Waals surface area (Å²) in [5.74, 6) is 2.36.